The summed E-state index contributed by atoms with van der Waals surface area (Å²) < 4.78 is 0. The second-order valence-electron chi connectivity index (χ2n) is 16.6. The second kappa shape index (κ2) is 26.6. The highest BCUT2D eigenvalue weighted by molar-refractivity contribution is 5.89. The summed E-state index contributed by atoms with van der Waals surface area (Å²) in [4.78, 5) is 74.6. The summed E-state index contributed by atoms with van der Waals surface area (Å²) in [6.45, 7) is 3.15. The number of benzene rings is 3. The minimum atomic E-state index is -0.681. The van der Waals surface area contributed by atoms with E-state index in [4.69, 9.17) is 0 Å². The van der Waals surface area contributed by atoms with Crippen LogP contribution in [0.3, 0.4) is 0 Å². The first-order valence-corrected chi connectivity index (χ1v) is 22.8. The van der Waals surface area contributed by atoms with E-state index < -0.39 is 12.1 Å². The molecule has 4 aliphatic rings. The summed E-state index contributed by atoms with van der Waals surface area (Å²) in [5.41, 5.74) is 7.03. The molecule has 2 heterocycles. The highest BCUT2D eigenvalue weighted by Crippen LogP contribution is 2.30. The fourth-order valence-corrected chi connectivity index (χ4v) is 8.76. The number of rotatable bonds is 15. The average Bonchev–Trinajstić information content (AvgIpc) is 4.07. The Hall–Kier alpha value is -6.04. The summed E-state index contributed by atoms with van der Waals surface area (Å²) in [5, 5.41) is 17.0. The van der Waals surface area contributed by atoms with E-state index in [-0.39, 0.29) is 55.2 Å². The molecule has 6 amide bonds. The number of likely N-dealkylation sites (N-methyl/N-ethyl adjacent to an activating group) is 2. The van der Waals surface area contributed by atoms with Gasteiger partial charge in [-0.3, -0.25) is 28.8 Å². The quantitative estimate of drug-likeness (QED) is 0.0995. The monoisotopic (exact) mass is 875 g/mol. The van der Waals surface area contributed by atoms with Gasteiger partial charge in [0.2, 0.25) is 36.4 Å². The van der Waals surface area contributed by atoms with Crippen LogP contribution in [0.2, 0.25) is 0 Å². The molecule has 0 radical (unpaired) electrons. The number of hydrogen-bond donors (Lipinski definition) is 6. The third-order valence-corrected chi connectivity index (χ3v) is 12.0. The molecule has 2 aliphatic carbocycles. The number of fused-ring (bicyclic) bond motifs is 2. The average molecular weight is 875 g/mol. The van der Waals surface area contributed by atoms with Crippen LogP contribution in [0.1, 0.15) is 103 Å². The molecule has 7 rings (SSSR count). The number of aryl methyl sites for hydroxylation is 2. The van der Waals surface area contributed by atoms with E-state index in [0.717, 1.165) is 88.4 Å². The summed E-state index contributed by atoms with van der Waals surface area (Å²) in [6.07, 6.45) is 12.9. The minimum Gasteiger partial charge on any atom is -0.352 e. The van der Waals surface area contributed by atoms with Gasteiger partial charge >= 0.3 is 0 Å². The van der Waals surface area contributed by atoms with Crippen LogP contribution in [0.4, 0.5) is 0 Å². The van der Waals surface area contributed by atoms with Gasteiger partial charge in [-0.15, -0.1) is 0 Å². The fraction of sp³-hybridized carbons (Fsp3) is 0.480. The van der Waals surface area contributed by atoms with E-state index in [2.05, 4.69) is 80.1 Å². The third kappa shape index (κ3) is 15.1. The maximum atomic E-state index is 13.0. The molecule has 6 N–H and O–H groups in total. The highest BCUT2D eigenvalue weighted by atomic mass is 16.2. The third-order valence-electron chi connectivity index (χ3n) is 12.0. The number of carbonyl (C=O) groups is 6. The van der Waals surface area contributed by atoms with E-state index >= 15 is 0 Å². The van der Waals surface area contributed by atoms with Crippen molar-refractivity contribution in [3.05, 3.63) is 106 Å². The van der Waals surface area contributed by atoms with Crippen LogP contribution in [-0.4, -0.2) is 112 Å². The molecular formula is C50H66N8O6. The van der Waals surface area contributed by atoms with E-state index in [0.29, 0.717) is 19.5 Å². The molecule has 0 aromatic heterocycles. The van der Waals surface area contributed by atoms with Gasteiger partial charge in [-0.1, -0.05) is 72.5 Å². The van der Waals surface area contributed by atoms with E-state index in [9.17, 15) is 28.8 Å². The Kier molecular flexibility index (Phi) is 20.3. The molecule has 2 saturated heterocycles. The summed E-state index contributed by atoms with van der Waals surface area (Å²) in [7, 11) is 3.37. The molecule has 2 fully saturated rings. The zero-order valence-electron chi connectivity index (χ0n) is 37.5. The van der Waals surface area contributed by atoms with Crippen molar-refractivity contribution in [3.63, 3.8) is 0 Å². The Morgan fingerprint density at radius 2 is 1.08 bits per heavy atom. The number of nitrogens with one attached hydrogen (secondary N) is 6. The molecule has 64 heavy (non-hydrogen) atoms. The van der Waals surface area contributed by atoms with E-state index in [1.54, 1.807) is 19.0 Å². The summed E-state index contributed by atoms with van der Waals surface area (Å²) in [6, 6.07) is 23.4. The van der Waals surface area contributed by atoms with Gasteiger partial charge in [0, 0.05) is 44.6 Å². The molecule has 2 aliphatic heterocycles. The topological polar surface area (TPSA) is 181 Å². The first kappa shape index (κ1) is 49.0. The fourth-order valence-electron chi connectivity index (χ4n) is 8.76. The first-order valence-electron chi connectivity index (χ1n) is 22.8. The molecule has 3 aromatic rings. The van der Waals surface area contributed by atoms with Gasteiger partial charge in [0.15, 0.2) is 0 Å². The first-order chi connectivity index (χ1) is 31.2. The van der Waals surface area contributed by atoms with Crippen LogP contribution >= 0.6 is 0 Å². The smallest absolute Gasteiger partial charge is 0.246 e. The number of nitrogens with zero attached hydrogens (tertiary/aromatic N) is 2. The lowest BCUT2D eigenvalue weighted by molar-refractivity contribution is -0.135. The van der Waals surface area contributed by atoms with Crippen LogP contribution in [0.5, 0.6) is 0 Å². The lowest BCUT2D eigenvalue weighted by Crippen LogP contribution is -2.50. The van der Waals surface area contributed by atoms with E-state index in [1.807, 2.05) is 41.3 Å². The van der Waals surface area contributed by atoms with Gasteiger partial charge in [-0.25, -0.2) is 0 Å². The normalized spacial score (nSPS) is 18.0. The molecule has 14 heteroatoms. The number of hydrogen-bond acceptors (Lipinski definition) is 8. The molecule has 342 valence electrons. The van der Waals surface area contributed by atoms with Gasteiger partial charge in [0.1, 0.15) is 12.1 Å². The lowest BCUT2D eigenvalue weighted by atomic mass is 9.88. The Morgan fingerprint density at radius 3 is 1.55 bits per heavy atom. The second-order valence-corrected chi connectivity index (χ2v) is 16.6. The zero-order chi connectivity index (χ0) is 45.5. The van der Waals surface area contributed by atoms with Crippen molar-refractivity contribution in [1.29, 1.82) is 0 Å². The van der Waals surface area contributed by atoms with Crippen molar-refractivity contribution in [1.82, 2.24) is 41.7 Å². The molecule has 14 nitrogen and oxygen atoms in total. The van der Waals surface area contributed by atoms with Crippen LogP contribution < -0.4 is 31.9 Å². The van der Waals surface area contributed by atoms with Crippen molar-refractivity contribution >= 4 is 36.4 Å². The maximum Gasteiger partial charge on any atom is 0.246 e. The molecular weight excluding hydrogens is 809 g/mol. The molecule has 4 unspecified atom stereocenters. The molecule has 3 aromatic carbocycles. The SMILES string of the molecule is CNCC(=O)NC(CC#Cc1ccc(CC(NC(=O)CNC)C(=O)N2CCCC2)cc1)C(=O)N1CCCC1.O=CNC1CCCc2ccccc21.O=CNC1CCCc2ccccc21. The van der Waals surface area contributed by atoms with Crippen LogP contribution in [-0.2, 0) is 48.0 Å². The maximum absolute atomic E-state index is 13.0. The molecule has 0 bridgehead atoms. The van der Waals surface area contributed by atoms with Crippen molar-refractivity contribution in [2.24, 2.45) is 0 Å². The summed E-state index contributed by atoms with van der Waals surface area (Å²) in [5.74, 6) is 5.54. The predicted molar refractivity (Wildman–Crippen MR) is 248 cm³/mol. The minimum absolute atomic E-state index is 0.0511. The van der Waals surface area contributed by atoms with Crippen molar-refractivity contribution in [2.75, 3.05) is 53.4 Å². The van der Waals surface area contributed by atoms with Crippen molar-refractivity contribution in [2.45, 2.75) is 101 Å². The number of likely N-dealkylation sites (tertiary alicyclic amines) is 2. The molecule has 0 saturated carbocycles. The van der Waals surface area contributed by atoms with E-state index in [1.165, 1.54) is 35.1 Å². The van der Waals surface area contributed by atoms with Gasteiger partial charge in [0.05, 0.1) is 25.2 Å². The largest absolute Gasteiger partial charge is 0.352 e. The lowest BCUT2D eigenvalue weighted by Gasteiger charge is -2.24. The standard InChI is InChI=1S/C28H40N6O4.2C11H13NO/c1-29-19-25(35)31-23(27(37)33-14-3-4-15-33)9-7-8-21-10-12-22(13-11-21)18-24(32-26(36)20-30-2)28(38)34-16-5-6-17-34;2*13-8-12-11-7-3-5-9-4-1-2-6-10(9)11/h10-13,23-24,29-30H,3-6,9,14-20H2,1-2H3,(H,31,35)(H,32,36);2*1-2,4,6,8,11H,3,5,7H2,(H,12,13). The number of amides is 6. The van der Waals surface area contributed by atoms with Crippen molar-refractivity contribution in [3.8, 4) is 11.8 Å². The van der Waals surface area contributed by atoms with Crippen molar-refractivity contribution < 1.29 is 28.8 Å². The Labute approximate surface area is 378 Å². The highest BCUT2D eigenvalue weighted by Gasteiger charge is 2.29. The number of carbonyl (C=O) groups excluding carboxylic acids is 6. The summed E-state index contributed by atoms with van der Waals surface area (Å²) >= 11 is 0. The Morgan fingerprint density at radius 1 is 0.625 bits per heavy atom. The van der Waals surface area contributed by atoms with Gasteiger partial charge in [-0.2, -0.15) is 0 Å². The molecule has 4 atom stereocenters. The molecule has 0 spiro atoms. The Balaban J connectivity index is 0.000000237. The van der Waals surface area contributed by atoms with Crippen LogP contribution in [0, 0.1) is 11.8 Å². The predicted octanol–water partition coefficient (Wildman–Crippen LogP) is 3.24. The zero-order valence-corrected chi connectivity index (χ0v) is 37.5. The van der Waals surface area contributed by atoms with Crippen LogP contribution in [0.25, 0.3) is 0 Å². The van der Waals surface area contributed by atoms with Gasteiger partial charge in [-0.05, 0) is 118 Å². The van der Waals surface area contributed by atoms with Crippen LogP contribution in [0.15, 0.2) is 72.8 Å². The van der Waals surface area contributed by atoms with Gasteiger partial charge < -0.3 is 41.7 Å². The van der Waals surface area contributed by atoms with Gasteiger partial charge in [0.25, 0.3) is 0 Å². The Bertz CT molecular complexity index is 1990.